The van der Waals surface area contributed by atoms with Gasteiger partial charge < -0.3 is 14.2 Å². The quantitative estimate of drug-likeness (QED) is 0.786. The third kappa shape index (κ3) is 2.70. The summed E-state index contributed by atoms with van der Waals surface area (Å²) in [5, 5.41) is 0.974. The van der Waals surface area contributed by atoms with Gasteiger partial charge in [-0.05, 0) is 40.1 Å². The van der Waals surface area contributed by atoms with E-state index in [4.69, 9.17) is 4.74 Å². The van der Waals surface area contributed by atoms with Crippen molar-refractivity contribution in [1.29, 1.82) is 0 Å². The van der Waals surface area contributed by atoms with Gasteiger partial charge in [-0.1, -0.05) is 18.2 Å². The standard InChI is InChI=1S/C16H22N2O2/c1-12-15(16(19)20-4)13-8-5-6-9-14(13)18(12)11-7-10-17(2)3/h5-6,8-9H,7,10-11H2,1-4H3. The number of carbonyl (C=O) groups excluding carboxylic acids is 1. The molecule has 1 aromatic carbocycles. The number of methoxy groups -OCH3 is 1. The fourth-order valence-corrected chi connectivity index (χ4v) is 2.62. The molecule has 0 saturated heterocycles. The Morgan fingerprint density at radius 3 is 2.65 bits per heavy atom. The van der Waals surface area contributed by atoms with E-state index >= 15 is 0 Å². The smallest absolute Gasteiger partial charge is 0.340 e. The van der Waals surface area contributed by atoms with Crippen LogP contribution in [0, 0.1) is 6.92 Å². The van der Waals surface area contributed by atoms with Crippen LogP contribution in [0.2, 0.25) is 0 Å². The molecule has 1 aromatic heterocycles. The van der Waals surface area contributed by atoms with Crippen LogP contribution in [0.25, 0.3) is 10.9 Å². The van der Waals surface area contributed by atoms with Crippen LogP contribution in [0.5, 0.6) is 0 Å². The Morgan fingerprint density at radius 1 is 1.30 bits per heavy atom. The highest BCUT2D eigenvalue weighted by molar-refractivity contribution is 6.05. The summed E-state index contributed by atoms with van der Waals surface area (Å²) in [6.07, 6.45) is 1.05. The Hall–Kier alpha value is -1.81. The van der Waals surface area contributed by atoms with E-state index in [0.29, 0.717) is 5.56 Å². The molecular formula is C16H22N2O2. The van der Waals surface area contributed by atoms with Crippen LogP contribution in [0.15, 0.2) is 24.3 Å². The maximum Gasteiger partial charge on any atom is 0.340 e. The minimum Gasteiger partial charge on any atom is -0.465 e. The van der Waals surface area contributed by atoms with Gasteiger partial charge in [0.1, 0.15) is 0 Å². The van der Waals surface area contributed by atoms with Gasteiger partial charge in [0.2, 0.25) is 0 Å². The summed E-state index contributed by atoms with van der Waals surface area (Å²) in [5.41, 5.74) is 2.77. The number of hydrogen-bond acceptors (Lipinski definition) is 3. The van der Waals surface area contributed by atoms with Crippen LogP contribution in [-0.4, -0.2) is 43.2 Å². The summed E-state index contributed by atoms with van der Waals surface area (Å²) in [6, 6.07) is 8.01. The monoisotopic (exact) mass is 274 g/mol. The Bertz CT molecular complexity index is 614. The highest BCUT2D eigenvalue weighted by Gasteiger charge is 2.19. The SMILES string of the molecule is COC(=O)c1c(C)n(CCCN(C)C)c2ccccc12. The van der Waals surface area contributed by atoms with Crippen molar-refractivity contribution < 1.29 is 9.53 Å². The molecule has 0 aliphatic carbocycles. The van der Waals surface area contributed by atoms with Crippen LogP contribution in [0.4, 0.5) is 0 Å². The minimum atomic E-state index is -0.259. The molecule has 2 rings (SSSR count). The third-order valence-corrected chi connectivity index (χ3v) is 3.61. The second kappa shape index (κ2) is 6.09. The number of ether oxygens (including phenoxy) is 1. The van der Waals surface area contributed by atoms with Crippen molar-refractivity contribution in [1.82, 2.24) is 9.47 Å². The molecule has 20 heavy (non-hydrogen) atoms. The molecule has 0 N–H and O–H groups in total. The van der Waals surface area contributed by atoms with E-state index in [2.05, 4.69) is 29.6 Å². The summed E-state index contributed by atoms with van der Waals surface area (Å²) >= 11 is 0. The maximum atomic E-state index is 12.0. The molecule has 4 heteroatoms. The summed E-state index contributed by atoms with van der Waals surface area (Å²) in [5.74, 6) is -0.259. The predicted molar refractivity (Wildman–Crippen MR) is 81.2 cm³/mol. The summed E-state index contributed by atoms with van der Waals surface area (Å²) < 4.78 is 7.13. The van der Waals surface area contributed by atoms with Crippen molar-refractivity contribution in [2.45, 2.75) is 19.9 Å². The number of aromatic nitrogens is 1. The van der Waals surface area contributed by atoms with Gasteiger partial charge >= 0.3 is 5.97 Å². The molecule has 0 amide bonds. The fourth-order valence-electron chi connectivity index (χ4n) is 2.62. The largest absolute Gasteiger partial charge is 0.465 e. The van der Waals surface area contributed by atoms with E-state index < -0.39 is 0 Å². The van der Waals surface area contributed by atoms with Crippen LogP contribution in [0.3, 0.4) is 0 Å². The average molecular weight is 274 g/mol. The van der Waals surface area contributed by atoms with Gasteiger partial charge in [-0.15, -0.1) is 0 Å². The molecule has 0 saturated carbocycles. The van der Waals surface area contributed by atoms with Gasteiger partial charge in [-0.2, -0.15) is 0 Å². The predicted octanol–water partition coefficient (Wildman–Crippen LogP) is 2.69. The van der Waals surface area contributed by atoms with Crippen LogP contribution >= 0.6 is 0 Å². The highest BCUT2D eigenvalue weighted by Crippen LogP contribution is 2.26. The zero-order chi connectivity index (χ0) is 14.7. The number of nitrogens with zero attached hydrogens (tertiary/aromatic N) is 2. The zero-order valence-corrected chi connectivity index (χ0v) is 12.6. The molecule has 0 radical (unpaired) electrons. The lowest BCUT2D eigenvalue weighted by atomic mass is 10.1. The van der Waals surface area contributed by atoms with E-state index in [9.17, 15) is 4.79 Å². The van der Waals surface area contributed by atoms with E-state index in [1.54, 1.807) is 0 Å². The lowest BCUT2D eigenvalue weighted by Gasteiger charge is -2.12. The third-order valence-electron chi connectivity index (χ3n) is 3.61. The molecular weight excluding hydrogens is 252 g/mol. The summed E-state index contributed by atoms with van der Waals surface area (Å²) in [4.78, 5) is 14.2. The first-order valence-electron chi connectivity index (χ1n) is 6.87. The first-order valence-corrected chi connectivity index (χ1v) is 6.87. The Morgan fingerprint density at radius 2 is 2.00 bits per heavy atom. The van der Waals surface area contributed by atoms with Gasteiger partial charge in [-0.25, -0.2) is 4.79 Å². The number of aryl methyl sites for hydroxylation is 1. The Balaban J connectivity index is 2.43. The normalized spacial score (nSPS) is 11.2. The van der Waals surface area contributed by atoms with Gasteiger partial charge in [-0.3, -0.25) is 0 Å². The molecule has 0 bridgehead atoms. The van der Waals surface area contributed by atoms with Crippen molar-refractivity contribution in [3.63, 3.8) is 0 Å². The van der Waals surface area contributed by atoms with E-state index in [1.807, 2.05) is 25.1 Å². The number of benzene rings is 1. The molecule has 2 aromatic rings. The number of para-hydroxylation sites is 1. The summed E-state index contributed by atoms with van der Waals surface area (Å²) in [7, 11) is 5.57. The van der Waals surface area contributed by atoms with Crippen molar-refractivity contribution in [3.8, 4) is 0 Å². The van der Waals surface area contributed by atoms with Crippen molar-refractivity contribution in [2.75, 3.05) is 27.7 Å². The molecule has 0 atom stereocenters. The van der Waals surface area contributed by atoms with E-state index in [-0.39, 0.29) is 5.97 Å². The molecule has 0 spiro atoms. The topological polar surface area (TPSA) is 34.5 Å². The Labute approximate surface area is 119 Å². The molecule has 0 unspecified atom stereocenters. The zero-order valence-electron chi connectivity index (χ0n) is 12.6. The van der Waals surface area contributed by atoms with Gasteiger partial charge in [0, 0.05) is 23.1 Å². The lowest BCUT2D eigenvalue weighted by Crippen LogP contribution is -2.15. The van der Waals surface area contributed by atoms with Gasteiger partial charge in [0.15, 0.2) is 0 Å². The molecule has 4 nitrogen and oxygen atoms in total. The second-order valence-electron chi connectivity index (χ2n) is 5.28. The first kappa shape index (κ1) is 14.6. The number of carbonyl (C=O) groups is 1. The maximum absolute atomic E-state index is 12.0. The van der Waals surface area contributed by atoms with Crippen molar-refractivity contribution in [3.05, 3.63) is 35.5 Å². The minimum absolute atomic E-state index is 0.259. The number of esters is 1. The van der Waals surface area contributed by atoms with Gasteiger partial charge in [0.25, 0.3) is 0 Å². The van der Waals surface area contributed by atoms with Crippen LogP contribution in [0.1, 0.15) is 22.5 Å². The van der Waals surface area contributed by atoms with Crippen LogP contribution in [-0.2, 0) is 11.3 Å². The second-order valence-corrected chi connectivity index (χ2v) is 5.28. The molecule has 0 aliphatic heterocycles. The molecule has 0 aliphatic rings. The molecule has 1 heterocycles. The van der Waals surface area contributed by atoms with Crippen molar-refractivity contribution in [2.24, 2.45) is 0 Å². The molecule has 0 fully saturated rings. The van der Waals surface area contributed by atoms with Crippen molar-refractivity contribution >= 4 is 16.9 Å². The highest BCUT2D eigenvalue weighted by atomic mass is 16.5. The number of fused-ring (bicyclic) bond motifs is 1. The average Bonchev–Trinajstić information content (AvgIpc) is 2.71. The van der Waals surface area contributed by atoms with E-state index in [1.165, 1.54) is 7.11 Å². The molecule has 108 valence electrons. The van der Waals surface area contributed by atoms with E-state index in [0.717, 1.165) is 36.1 Å². The number of rotatable bonds is 5. The number of hydrogen-bond donors (Lipinski definition) is 0. The Kier molecular flexibility index (Phi) is 4.45. The first-order chi connectivity index (χ1) is 9.56. The fraction of sp³-hybridized carbons (Fsp3) is 0.438. The van der Waals surface area contributed by atoms with Crippen LogP contribution < -0.4 is 0 Å². The van der Waals surface area contributed by atoms with Gasteiger partial charge in [0.05, 0.1) is 12.7 Å². The summed E-state index contributed by atoms with van der Waals surface area (Å²) in [6.45, 7) is 3.92. The lowest BCUT2D eigenvalue weighted by molar-refractivity contribution is 0.0602.